The van der Waals surface area contributed by atoms with Crippen LogP contribution in [0.4, 0.5) is 0 Å². The minimum Gasteiger partial charge on any atom is -0.488 e. The van der Waals surface area contributed by atoms with E-state index < -0.39 is 0 Å². The summed E-state index contributed by atoms with van der Waals surface area (Å²) in [6.07, 6.45) is 1.63. The molecule has 0 amide bonds. The second-order valence-electron chi connectivity index (χ2n) is 3.83. The van der Waals surface area contributed by atoms with Gasteiger partial charge in [-0.25, -0.2) is 4.98 Å². The molecule has 2 aromatic rings. The molecular formula is C14H11ClN2O. The lowest BCUT2D eigenvalue weighted by Gasteiger charge is -2.09. The van der Waals surface area contributed by atoms with Crippen molar-refractivity contribution < 1.29 is 4.74 Å². The van der Waals surface area contributed by atoms with E-state index in [2.05, 4.69) is 11.1 Å². The summed E-state index contributed by atoms with van der Waals surface area (Å²) in [6, 6.07) is 11.1. The number of nitriles is 1. The van der Waals surface area contributed by atoms with Gasteiger partial charge in [0.2, 0.25) is 0 Å². The SMILES string of the molecule is Cc1ccc(C#N)cc1OCc1cccnc1Cl. The molecule has 0 bridgehead atoms. The van der Waals surface area contributed by atoms with Gasteiger partial charge in [-0.15, -0.1) is 0 Å². The fourth-order valence-electron chi connectivity index (χ4n) is 1.51. The Morgan fingerprint density at radius 3 is 2.94 bits per heavy atom. The van der Waals surface area contributed by atoms with Crippen LogP contribution in [0.2, 0.25) is 5.15 Å². The van der Waals surface area contributed by atoms with Gasteiger partial charge < -0.3 is 4.74 Å². The summed E-state index contributed by atoms with van der Waals surface area (Å²) >= 11 is 5.95. The number of hydrogen-bond acceptors (Lipinski definition) is 3. The van der Waals surface area contributed by atoms with Gasteiger partial charge >= 0.3 is 0 Å². The average molecular weight is 259 g/mol. The van der Waals surface area contributed by atoms with Crippen LogP contribution in [0.5, 0.6) is 5.75 Å². The molecule has 0 aliphatic rings. The van der Waals surface area contributed by atoms with Crippen LogP contribution in [-0.4, -0.2) is 4.98 Å². The molecule has 0 spiro atoms. The third-order valence-corrected chi connectivity index (χ3v) is 2.88. The molecule has 1 aromatic carbocycles. The Labute approximate surface area is 111 Å². The van der Waals surface area contributed by atoms with Crippen molar-refractivity contribution in [2.45, 2.75) is 13.5 Å². The number of nitrogens with zero attached hydrogens (tertiary/aromatic N) is 2. The number of ether oxygens (including phenoxy) is 1. The van der Waals surface area contributed by atoms with Crippen LogP contribution < -0.4 is 4.74 Å². The molecule has 3 nitrogen and oxygen atoms in total. The zero-order chi connectivity index (χ0) is 13.0. The highest BCUT2D eigenvalue weighted by molar-refractivity contribution is 6.30. The number of aryl methyl sites for hydroxylation is 1. The Morgan fingerprint density at radius 2 is 2.22 bits per heavy atom. The van der Waals surface area contributed by atoms with E-state index in [1.807, 2.05) is 25.1 Å². The summed E-state index contributed by atoms with van der Waals surface area (Å²) < 4.78 is 5.67. The van der Waals surface area contributed by atoms with Gasteiger partial charge in [-0.05, 0) is 30.7 Å². The van der Waals surface area contributed by atoms with E-state index in [0.29, 0.717) is 23.1 Å². The molecule has 0 saturated carbocycles. The Kier molecular flexibility index (Phi) is 3.81. The third-order valence-electron chi connectivity index (χ3n) is 2.54. The van der Waals surface area contributed by atoms with E-state index in [-0.39, 0.29) is 0 Å². The number of aromatic nitrogens is 1. The largest absolute Gasteiger partial charge is 0.488 e. The first-order chi connectivity index (χ1) is 8.70. The van der Waals surface area contributed by atoms with Crippen LogP contribution in [0.25, 0.3) is 0 Å². The lowest BCUT2D eigenvalue weighted by atomic mass is 10.1. The van der Waals surface area contributed by atoms with Gasteiger partial charge in [0, 0.05) is 11.8 Å². The second-order valence-corrected chi connectivity index (χ2v) is 4.19. The number of pyridine rings is 1. The molecule has 0 aliphatic carbocycles. The normalized spacial score (nSPS) is 9.83. The molecule has 1 aromatic heterocycles. The fraction of sp³-hybridized carbons (Fsp3) is 0.143. The van der Waals surface area contributed by atoms with Crippen LogP contribution in [0.3, 0.4) is 0 Å². The fourth-order valence-corrected chi connectivity index (χ4v) is 1.68. The molecule has 1 heterocycles. The van der Waals surface area contributed by atoms with Crippen LogP contribution in [-0.2, 0) is 6.61 Å². The highest BCUT2D eigenvalue weighted by atomic mass is 35.5. The first kappa shape index (κ1) is 12.4. The van der Waals surface area contributed by atoms with Crippen molar-refractivity contribution in [3.63, 3.8) is 0 Å². The van der Waals surface area contributed by atoms with E-state index in [1.54, 1.807) is 18.3 Å². The van der Waals surface area contributed by atoms with Crippen molar-refractivity contribution >= 4 is 11.6 Å². The van der Waals surface area contributed by atoms with Crippen molar-refractivity contribution in [2.24, 2.45) is 0 Å². The molecule has 0 radical (unpaired) electrons. The monoisotopic (exact) mass is 258 g/mol. The van der Waals surface area contributed by atoms with Crippen molar-refractivity contribution in [2.75, 3.05) is 0 Å². The van der Waals surface area contributed by atoms with Crippen molar-refractivity contribution in [3.8, 4) is 11.8 Å². The molecular weight excluding hydrogens is 248 g/mol. The smallest absolute Gasteiger partial charge is 0.135 e. The summed E-state index contributed by atoms with van der Waals surface area (Å²) in [5.74, 6) is 0.689. The lowest BCUT2D eigenvalue weighted by Crippen LogP contribution is -1.99. The van der Waals surface area contributed by atoms with E-state index in [0.717, 1.165) is 11.1 Å². The van der Waals surface area contributed by atoms with Gasteiger partial charge in [-0.1, -0.05) is 23.7 Å². The van der Waals surface area contributed by atoms with Gasteiger partial charge in [-0.3, -0.25) is 0 Å². The zero-order valence-corrected chi connectivity index (χ0v) is 10.6. The Hall–Kier alpha value is -2.05. The highest BCUT2D eigenvalue weighted by Gasteiger charge is 2.04. The number of rotatable bonds is 3. The zero-order valence-electron chi connectivity index (χ0n) is 9.85. The van der Waals surface area contributed by atoms with Crippen molar-refractivity contribution in [3.05, 3.63) is 58.4 Å². The van der Waals surface area contributed by atoms with Crippen molar-refractivity contribution in [1.29, 1.82) is 5.26 Å². The maximum absolute atomic E-state index is 8.85. The van der Waals surface area contributed by atoms with Crippen molar-refractivity contribution in [1.82, 2.24) is 4.98 Å². The van der Waals surface area contributed by atoms with Gasteiger partial charge in [0.25, 0.3) is 0 Å². The molecule has 2 rings (SSSR count). The maximum Gasteiger partial charge on any atom is 0.135 e. The Morgan fingerprint density at radius 1 is 1.39 bits per heavy atom. The molecule has 18 heavy (non-hydrogen) atoms. The molecule has 0 saturated heterocycles. The summed E-state index contributed by atoms with van der Waals surface area (Å²) in [5, 5.41) is 9.28. The lowest BCUT2D eigenvalue weighted by molar-refractivity contribution is 0.303. The topological polar surface area (TPSA) is 45.9 Å². The maximum atomic E-state index is 8.85. The van der Waals surface area contributed by atoms with Gasteiger partial charge in [0.15, 0.2) is 0 Å². The van der Waals surface area contributed by atoms with Gasteiger partial charge in [0.05, 0.1) is 11.6 Å². The quantitative estimate of drug-likeness (QED) is 0.792. The number of hydrogen-bond donors (Lipinski definition) is 0. The highest BCUT2D eigenvalue weighted by Crippen LogP contribution is 2.21. The standard InChI is InChI=1S/C14H11ClN2O/c1-10-4-5-11(8-16)7-13(10)18-9-12-3-2-6-17-14(12)15/h2-7H,9H2,1H3. The van der Waals surface area contributed by atoms with Crippen LogP contribution in [0.15, 0.2) is 36.5 Å². The Bertz CT molecular complexity index is 605. The summed E-state index contributed by atoms with van der Waals surface area (Å²) in [7, 11) is 0. The Balaban J connectivity index is 2.16. The minimum absolute atomic E-state index is 0.336. The molecule has 0 unspecified atom stereocenters. The number of benzene rings is 1. The van der Waals surface area contributed by atoms with E-state index >= 15 is 0 Å². The number of halogens is 1. The molecule has 0 fully saturated rings. The predicted molar refractivity (Wildman–Crippen MR) is 69.5 cm³/mol. The van der Waals surface area contributed by atoms with Crippen LogP contribution in [0, 0.1) is 18.3 Å². The van der Waals surface area contributed by atoms with Gasteiger partial charge in [-0.2, -0.15) is 5.26 Å². The summed E-state index contributed by atoms with van der Waals surface area (Å²) in [5.41, 5.74) is 2.38. The molecule has 0 atom stereocenters. The minimum atomic E-state index is 0.336. The average Bonchev–Trinajstić information content (AvgIpc) is 2.39. The first-order valence-electron chi connectivity index (χ1n) is 5.43. The molecule has 0 aliphatic heterocycles. The second kappa shape index (κ2) is 5.52. The van der Waals surface area contributed by atoms with Crippen LogP contribution in [0.1, 0.15) is 16.7 Å². The third kappa shape index (κ3) is 2.79. The predicted octanol–water partition coefficient (Wildman–Crippen LogP) is 3.49. The summed E-state index contributed by atoms with van der Waals surface area (Å²) in [4.78, 5) is 3.98. The molecule has 0 N–H and O–H groups in total. The van der Waals surface area contributed by atoms with E-state index in [1.165, 1.54) is 0 Å². The van der Waals surface area contributed by atoms with Gasteiger partial charge in [0.1, 0.15) is 17.5 Å². The summed E-state index contributed by atoms with van der Waals surface area (Å²) in [6.45, 7) is 2.27. The molecule has 90 valence electrons. The first-order valence-corrected chi connectivity index (χ1v) is 5.81. The van der Waals surface area contributed by atoms with E-state index in [9.17, 15) is 0 Å². The van der Waals surface area contributed by atoms with Crippen LogP contribution >= 0.6 is 11.6 Å². The molecule has 4 heteroatoms. The van der Waals surface area contributed by atoms with E-state index in [4.69, 9.17) is 21.6 Å².